The molecular weight excluding hydrogens is 440 g/mol. The first-order chi connectivity index (χ1) is 13.0. The van der Waals surface area contributed by atoms with Crippen molar-refractivity contribution in [2.45, 2.75) is 56.3 Å². The third kappa shape index (κ3) is 7.32. The fourth-order valence-corrected chi connectivity index (χ4v) is 4.46. The quantitative estimate of drug-likeness (QED) is 0.565. The molecule has 1 aromatic rings. The number of halogens is 1. The molecule has 7 heteroatoms. The minimum Gasteiger partial charge on any atom is -0.444 e. The van der Waals surface area contributed by atoms with E-state index in [4.69, 9.17) is 4.74 Å². The van der Waals surface area contributed by atoms with Crippen molar-refractivity contribution in [3.8, 4) is 0 Å². The average Bonchev–Trinajstić information content (AvgIpc) is 2.61. The number of thioether (sulfide) groups is 1. The molecule has 5 nitrogen and oxygen atoms in total. The van der Waals surface area contributed by atoms with Gasteiger partial charge in [0, 0.05) is 36.1 Å². The number of benzene rings is 1. The van der Waals surface area contributed by atoms with Gasteiger partial charge in [-0.25, -0.2) is 4.79 Å². The highest BCUT2D eigenvalue weighted by atomic mass is 79.9. The molecular formula is C21H31BrN2O3S. The molecule has 28 heavy (non-hydrogen) atoms. The van der Waals surface area contributed by atoms with Gasteiger partial charge in [0.2, 0.25) is 5.91 Å². The molecule has 0 bridgehead atoms. The Morgan fingerprint density at radius 1 is 1.32 bits per heavy atom. The molecule has 2 amide bonds. The SMILES string of the molecule is CC(Sc1ccc(Br)cc1)C(=O)N1CCCC(CN(C)C(=O)OC(C)(C)C)C1. The normalized spacial score (nSPS) is 18.5. The van der Waals surface area contributed by atoms with Crippen LogP contribution in [-0.2, 0) is 9.53 Å². The zero-order valence-electron chi connectivity index (χ0n) is 17.4. The van der Waals surface area contributed by atoms with Gasteiger partial charge in [0.1, 0.15) is 5.60 Å². The van der Waals surface area contributed by atoms with Crippen molar-refractivity contribution in [2.75, 3.05) is 26.7 Å². The number of nitrogens with zero attached hydrogens (tertiary/aromatic N) is 2. The highest BCUT2D eigenvalue weighted by molar-refractivity contribution is 9.10. The molecule has 2 unspecified atom stereocenters. The first-order valence-electron chi connectivity index (χ1n) is 9.70. The lowest BCUT2D eigenvalue weighted by Crippen LogP contribution is -2.46. The Hall–Kier alpha value is -1.21. The Balaban J connectivity index is 1.88. The van der Waals surface area contributed by atoms with Gasteiger partial charge in [-0.2, -0.15) is 0 Å². The molecule has 1 aromatic carbocycles. The van der Waals surface area contributed by atoms with Gasteiger partial charge in [0.15, 0.2) is 0 Å². The highest BCUT2D eigenvalue weighted by Gasteiger charge is 2.29. The Bertz CT molecular complexity index is 675. The smallest absolute Gasteiger partial charge is 0.410 e. The molecule has 1 aliphatic heterocycles. The number of hydrogen-bond donors (Lipinski definition) is 0. The molecule has 0 aliphatic carbocycles. The van der Waals surface area contributed by atoms with Gasteiger partial charge in [0.05, 0.1) is 5.25 Å². The number of ether oxygens (including phenoxy) is 1. The molecule has 0 saturated carbocycles. The zero-order chi connectivity index (χ0) is 20.9. The van der Waals surface area contributed by atoms with Crippen molar-refractivity contribution in [3.05, 3.63) is 28.7 Å². The largest absolute Gasteiger partial charge is 0.444 e. The lowest BCUT2D eigenvalue weighted by atomic mass is 9.97. The zero-order valence-corrected chi connectivity index (χ0v) is 19.8. The molecule has 0 spiro atoms. The second kappa shape index (κ2) is 10.0. The predicted molar refractivity (Wildman–Crippen MR) is 118 cm³/mol. The van der Waals surface area contributed by atoms with Crippen LogP contribution in [0, 0.1) is 5.92 Å². The number of rotatable bonds is 5. The van der Waals surface area contributed by atoms with E-state index < -0.39 is 5.60 Å². The molecule has 2 rings (SSSR count). The number of carbonyl (C=O) groups is 2. The summed E-state index contributed by atoms with van der Waals surface area (Å²) in [5.74, 6) is 0.442. The van der Waals surface area contributed by atoms with Crippen molar-refractivity contribution in [1.82, 2.24) is 9.80 Å². The van der Waals surface area contributed by atoms with Gasteiger partial charge in [-0.15, -0.1) is 11.8 Å². The summed E-state index contributed by atoms with van der Waals surface area (Å²) in [5, 5.41) is -0.136. The van der Waals surface area contributed by atoms with Crippen LogP contribution in [-0.4, -0.2) is 59.3 Å². The second-order valence-electron chi connectivity index (χ2n) is 8.37. The van der Waals surface area contributed by atoms with E-state index in [1.54, 1.807) is 23.7 Å². The van der Waals surface area contributed by atoms with Crippen LogP contribution < -0.4 is 0 Å². The lowest BCUT2D eigenvalue weighted by Gasteiger charge is -2.36. The van der Waals surface area contributed by atoms with Crippen molar-refractivity contribution in [3.63, 3.8) is 0 Å². The summed E-state index contributed by atoms with van der Waals surface area (Å²) >= 11 is 5.02. The number of carbonyl (C=O) groups excluding carboxylic acids is 2. The van der Waals surface area contributed by atoms with Crippen LogP contribution in [0.2, 0.25) is 0 Å². The molecule has 0 radical (unpaired) electrons. The standard InChI is InChI=1S/C21H31BrN2O3S/c1-15(28-18-10-8-17(22)9-11-18)19(25)24-12-6-7-16(14-24)13-23(5)20(26)27-21(2,3)4/h8-11,15-16H,6-7,12-14H2,1-5H3. The monoisotopic (exact) mass is 470 g/mol. The summed E-state index contributed by atoms with van der Waals surface area (Å²) in [4.78, 5) is 29.8. The fourth-order valence-electron chi connectivity index (χ4n) is 3.24. The molecule has 0 N–H and O–H groups in total. The van der Waals surface area contributed by atoms with Crippen LogP contribution in [0.3, 0.4) is 0 Å². The third-order valence-corrected chi connectivity index (χ3v) is 6.17. The Labute approximate surface area is 181 Å². The Kier molecular flexibility index (Phi) is 8.25. The van der Waals surface area contributed by atoms with Gasteiger partial charge in [-0.1, -0.05) is 15.9 Å². The van der Waals surface area contributed by atoms with E-state index in [9.17, 15) is 9.59 Å². The predicted octanol–water partition coefficient (Wildman–Crippen LogP) is 5.04. The maximum atomic E-state index is 12.9. The Morgan fingerprint density at radius 2 is 1.96 bits per heavy atom. The molecule has 2 atom stereocenters. The Morgan fingerprint density at radius 3 is 2.57 bits per heavy atom. The summed E-state index contributed by atoms with van der Waals surface area (Å²) in [6.07, 6.45) is 1.68. The number of likely N-dealkylation sites (tertiary alicyclic amines) is 1. The van der Waals surface area contributed by atoms with E-state index in [1.165, 1.54) is 0 Å². The number of piperidine rings is 1. The average molecular weight is 471 g/mol. The minimum absolute atomic E-state index is 0.136. The van der Waals surface area contributed by atoms with Gasteiger partial charge in [-0.05, 0) is 70.7 Å². The van der Waals surface area contributed by atoms with E-state index in [-0.39, 0.29) is 23.2 Å². The summed E-state index contributed by atoms with van der Waals surface area (Å²) in [6, 6.07) is 8.02. The third-order valence-electron chi connectivity index (χ3n) is 4.54. The van der Waals surface area contributed by atoms with Crippen molar-refractivity contribution >= 4 is 39.7 Å². The van der Waals surface area contributed by atoms with Crippen LogP contribution in [0.1, 0.15) is 40.5 Å². The van der Waals surface area contributed by atoms with Crippen molar-refractivity contribution < 1.29 is 14.3 Å². The molecule has 1 aliphatic rings. The van der Waals surface area contributed by atoms with Crippen LogP contribution in [0.15, 0.2) is 33.6 Å². The summed E-state index contributed by atoms with van der Waals surface area (Å²) in [7, 11) is 1.76. The van der Waals surface area contributed by atoms with Gasteiger partial charge >= 0.3 is 6.09 Å². The van der Waals surface area contributed by atoms with Crippen LogP contribution in [0.4, 0.5) is 4.79 Å². The molecule has 1 heterocycles. The summed E-state index contributed by atoms with van der Waals surface area (Å²) in [6.45, 7) is 9.64. The van der Waals surface area contributed by atoms with E-state index >= 15 is 0 Å². The van der Waals surface area contributed by atoms with Gasteiger partial charge in [-0.3, -0.25) is 4.79 Å². The maximum absolute atomic E-state index is 12.9. The summed E-state index contributed by atoms with van der Waals surface area (Å²) in [5.41, 5.74) is -0.500. The number of amides is 2. The van der Waals surface area contributed by atoms with Gasteiger partial charge in [0.25, 0.3) is 0 Å². The molecule has 0 aromatic heterocycles. The first kappa shape index (κ1) is 23.1. The van der Waals surface area contributed by atoms with Crippen molar-refractivity contribution in [1.29, 1.82) is 0 Å². The van der Waals surface area contributed by atoms with Crippen LogP contribution in [0.5, 0.6) is 0 Å². The van der Waals surface area contributed by atoms with E-state index in [0.717, 1.165) is 28.8 Å². The topological polar surface area (TPSA) is 49.9 Å². The molecule has 1 saturated heterocycles. The molecule has 156 valence electrons. The minimum atomic E-state index is -0.500. The van der Waals surface area contributed by atoms with E-state index in [1.807, 2.05) is 56.9 Å². The lowest BCUT2D eigenvalue weighted by molar-refractivity contribution is -0.132. The van der Waals surface area contributed by atoms with E-state index in [0.29, 0.717) is 13.1 Å². The van der Waals surface area contributed by atoms with Crippen molar-refractivity contribution in [2.24, 2.45) is 5.92 Å². The second-order valence-corrected chi connectivity index (χ2v) is 10.7. The van der Waals surface area contributed by atoms with Gasteiger partial charge < -0.3 is 14.5 Å². The maximum Gasteiger partial charge on any atom is 0.410 e. The highest BCUT2D eigenvalue weighted by Crippen LogP contribution is 2.27. The van der Waals surface area contributed by atoms with Crippen LogP contribution >= 0.6 is 27.7 Å². The molecule has 1 fully saturated rings. The summed E-state index contributed by atoms with van der Waals surface area (Å²) < 4.78 is 6.46. The number of hydrogen-bond acceptors (Lipinski definition) is 4. The fraction of sp³-hybridized carbons (Fsp3) is 0.619. The first-order valence-corrected chi connectivity index (χ1v) is 11.4. The van der Waals surface area contributed by atoms with E-state index in [2.05, 4.69) is 15.9 Å². The van der Waals surface area contributed by atoms with Crippen LogP contribution in [0.25, 0.3) is 0 Å².